The molecule has 2 nitrogen and oxygen atoms in total. The fraction of sp³-hybridized carbons (Fsp3) is 0.583. The summed E-state index contributed by atoms with van der Waals surface area (Å²) < 4.78 is 0. The van der Waals surface area contributed by atoms with Crippen molar-refractivity contribution in [2.24, 2.45) is 0 Å². The lowest BCUT2D eigenvalue weighted by atomic mass is 9.97. The van der Waals surface area contributed by atoms with Crippen LogP contribution in [-0.2, 0) is 6.42 Å². The Kier molecular flexibility index (Phi) is 2.55. The molecule has 1 aromatic rings. The molecule has 2 atom stereocenters. The molecule has 1 aliphatic rings. The lowest BCUT2D eigenvalue weighted by molar-refractivity contribution is 0.163. The predicted octanol–water partition coefficient (Wildman–Crippen LogP) is 2.19. The first-order valence-electron chi connectivity index (χ1n) is 5.31. The molecule has 1 aromatic heterocycles. The van der Waals surface area contributed by atoms with Gasteiger partial charge in [0.1, 0.15) is 0 Å². The SMILES string of the molecule is Cc1ccc2c(n1)C[C@@H](O)CC[C@H]2C. The van der Waals surface area contributed by atoms with Crippen LogP contribution in [0.3, 0.4) is 0 Å². The third-order valence-electron chi connectivity index (χ3n) is 3.04. The molecule has 1 heterocycles. The molecule has 2 rings (SSSR count). The van der Waals surface area contributed by atoms with E-state index < -0.39 is 0 Å². The van der Waals surface area contributed by atoms with Gasteiger partial charge in [0.05, 0.1) is 6.10 Å². The van der Waals surface area contributed by atoms with E-state index in [-0.39, 0.29) is 6.10 Å². The number of hydrogen-bond donors (Lipinski definition) is 1. The van der Waals surface area contributed by atoms with Crippen molar-refractivity contribution in [3.05, 3.63) is 29.1 Å². The first-order valence-corrected chi connectivity index (χ1v) is 5.31. The Bertz CT molecular complexity index is 335. The largest absolute Gasteiger partial charge is 0.393 e. The Hall–Kier alpha value is -0.890. The first kappa shape index (κ1) is 9.66. The summed E-state index contributed by atoms with van der Waals surface area (Å²) in [5.41, 5.74) is 3.47. The standard InChI is InChI=1S/C12H17NO/c1-8-3-5-10(14)7-12-11(8)6-4-9(2)13-12/h4,6,8,10,14H,3,5,7H2,1-2H3/t8-,10+/m1/s1. The highest BCUT2D eigenvalue weighted by molar-refractivity contribution is 5.27. The quantitative estimate of drug-likeness (QED) is 0.638. The van der Waals surface area contributed by atoms with Crippen molar-refractivity contribution in [2.45, 2.75) is 45.1 Å². The van der Waals surface area contributed by atoms with Crippen LogP contribution in [0, 0.1) is 6.92 Å². The Morgan fingerprint density at radius 2 is 2.14 bits per heavy atom. The lowest BCUT2D eigenvalue weighted by Crippen LogP contribution is -2.09. The number of rotatable bonds is 0. The smallest absolute Gasteiger partial charge is 0.0596 e. The van der Waals surface area contributed by atoms with E-state index in [1.807, 2.05) is 6.92 Å². The maximum atomic E-state index is 9.70. The van der Waals surface area contributed by atoms with Gasteiger partial charge < -0.3 is 5.11 Å². The first-order chi connectivity index (χ1) is 6.66. The summed E-state index contributed by atoms with van der Waals surface area (Å²) in [6, 6.07) is 4.23. The molecule has 2 heteroatoms. The number of aromatic nitrogens is 1. The fourth-order valence-corrected chi connectivity index (χ4v) is 2.16. The molecule has 14 heavy (non-hydrogen) atoms. The molecular weight excluding hydrogens is 174 g/mol. The van der Waals surface area contributed by atoms with Crippen LogP contribution >= 0.6 is 0 Å². The Labute approximate surface area is 85.0 Å². The molecule has 0 aliphatic heterocycles. The second-order valence-electron chi connectivity index (χ2n) is 4.32. The summed E-state index contributed by atoms with van der Waals surface area (Å²) in [4.78, 5) is 4.51. The number of hydrogen-bond acceptors (Lipinski definition) is 2. The molecular formula is C12H17NO. The van der Waals surface area contributed by atoms with Gasteiger partial charge in [0.2, 0.25) is 0 Å². The van der Waals surface area contributed by atoms with Crippen LogP contribution < -0.4 is 0 Å². The van der Waals surface area contributed by atoms with Gasteiger partial charge in [-0.2, -0.15) is 0 Å². The summed E-state index contributed by atoms with van der Waals surface area (Å²) in [6.45, 7) is 4.22. The van der Waals surface area contributed by atoms with Crippen molar-refractivity contribution in [1.29, 1.82) is 0 Å². The van der Waals surface area contributed by atoms with Crippen molar-refractivity contribution in [1.82, 2.24) is 4.98 Å². The molecule has 1 N–H and O–H groups in total. The Morgan fingerprint density at radius 3 is 2.93 bits per heavy atom. The van der Waals surface area contributed by atoms with Crippen molar-refractivity contribution in [3.63, 3.8) is 0 Å². The minimum atomic E-state index is -0.201. The van der Waals surface area contributed by atoms with Gasteiger partial charge in [-0.15, -0.1) is 0 Å². The van der Waals surface area contributed by atoms with Crippen molar-refractivity contribution in [2.75, 3.05) is 0 Å². The number of nitrogens with zero attached hydrogens (tertiary/aromatic N) is 1. The highest BCUT2D eigenvalue weighted by Gasteiger charge is 2.20. The van der Waals surface area contributed by atoms with E-state index in [1.54, 1.807) is 0 Å². The van der Waals surface area contributed by atoms with E-state index in [1.165, 1.54) is 5.56 Å². The van der Waals surface area contributed by atoms with Gasteiger partial charge in [0.25, 0.3) is 0 Å². The number of fused-ring (bicyclic) bond motifs is 1. The van der Waals surface area contributed by atoms with Crippen molar-refractivity contribution < 1.29 is 5.11 Å². The van der Waals surface area contributed by atoms with Crippen LogP contribution in [0.4, 0.5) is 0 Å². The molecule has 1 aliphatic carbocycles. The Morgan fingerprint density at radius 1 is 1.36 bits per heavy atom. The van der Waals surface area contributed by atoms with Gasteiger partial charge in [-0.05, 0) is 37.3 Å². The summed E-state index contributed by atoms with van der Waals surface area (Å²) in [7, 11) is 0. The number of aryl methyl sites for hydroxylation is 1. The van der Waals surface area contributed by atoms with Gasteiger partial charge in [0, 0.05) is 17.8 Å². The molecule has 0 fully saturated rings. The highest BCUT2D eigenvalue weighted by Crippen LogP contribution is 2.29. The van der Waals surface area contributed by atoms with E-state index >= 15 is 0 Å². The lowest BCUT2D eigenvalue weighted by Gasteiger charge is -2.11. The van der Waals surface area contributed by atoms with E-state index in [4.69, 9.17) is 0 Å². The van der Waals surface area contributed by atoms with Crippen LogP contribution in [-0.4, -0.2) is 16.2 Å². The average molecular weight is 191 g/mol. The minimum absolute atomic E-state index is 0.201. The van der Waals surface area contributed by atoms with E-state index in [2.05, 4.69) is 24.0 Å². The molecule has 0 radical (unpaired) electrons. The van der Waals surface area contributed by atoms with Crippen molar-refractivity contribution in [3.8, 4) is 0 Å². The van der Waals surface area contributed by atoms with E-state index in [0.717, 1.165) is 30.7 Å². The molecule has 0 saturated heterocycles. The monoisotopic (exact) mass is 191 g/mol. The van der Waals surface area contributed by atoms with Gasteiger partial charge in [-0.1, -0.05) is 13.0 Å². The zero-order chi connectivity index (χ0) is 10.1. The molecule has 0 amide bonds. The van der Waals surface area contributed by atoms with E-state index in [0.29, 0.717) is 5.92 Å². The Balaban J connectivity index is 2.41. The minimum Gasteiger partial charge on any atom is -0.393 e. The molecule has 0 aromatic carbocycles. The molecule has 0 bridgehead atoms. The molecule has 76 valence electrons. The van der Waals surface area contributed by atoms with Crippen LogP contribution in [0.25, 0.3) is 0 Å². The summed E-state index contributed by atoms with van der Waals surface area (Å²) >= 11 is 0. The van der Waals surface area contributed by atoms with Crippen molar-refractivity contribution >= 4 is 0 Å². The molecule has 0 spiro atoms. The third-order valence-corrected chi connectivity index (χ3v) is 3.04. The second-order valence-corrected chi connectivity index (χ2v) is 4.32. The maximum Gasteiger partial charge on any atom is 0.0596 e. The van der Waals surface area contributed by atoms with E-state index in [9.17, 15) is 5.11 Å². The zero-order valence-corrected chi connectivity index (χ0v) is 8.83. The van der Waals surface area contributed by atoms with Gasteiger partial charge in [0.15, 0.2) is 0 Å². The molecule has 0 unspecified atom stereocenters. The van der Waals surface area contributed by atoms with Gasteiger partial charge >= 0.3 is 0 Å². The van der Waals surface area contributed by atoms with Gasteiger partial charge in [-0.3, -0.25) is 4.98 Å². The predicted molar refractivity (Wildman–Crippen MR) is 56.3 cm³/mol. The summed E-state index contributed by atoms with van der Waals surface area (Å²) in [6.07, 6.45) is 2.49. The number of aliphatic hydroxyl groups is 1. The third kappa shape index (κ3) is 1.80. The van der Waals surface area contributed by atoms with Crippen LogP contribution in [0.1, 0.15) is 42.6 Å². The summed E-state index contributed by atoms with van der Waals surface area (Å²) in [5, 5.41) is 9.70. The fourth-order valence-electron chi connectivity index (χ4n) is 2.16. The average Bonchev–Trinajstić information content (AvgIpc) is 2.26. The van der Waals surface area contributed by atoms with Crippen LogP contribution in [0.2, 0.25) is 0 Å². The second kappa shape index (κ2) is 3.70. The molecule has 0 saturated carbocycles. The highest BCUT2D eigenvalue weighted by atomic mass is 16.3. The zero-order valence-electron chi connectivity index (χ0n) is 8.83. The number of pyridine rings is 1. The normalized spacial score (nSPS) is 26.8. The maximum absolute atomic E-state index is 9.70. The number of aliphatic hydroxyl groups excluding tert-OH is 1. The topological polar surface area (TPSA) is 33.1 Å². The van der Waals surface area contributed by atoms with Gasteiger partial charge in [-0.25, -0.2) is 0 Å². The van der Waals surface area contributed by atoms with Crippen LogP contribution in [0.15, 0.2) is 12.1 Å². The summed E-state index contributed by atoms with van der Waals surface area (Å²) in [5.74, 6) is 0.537. The van der Waals surface area contributed by atoms with Crippen LogP contribution in [0.5, 0.6) is 0 Å².